The normalized spacial score (nSPS) is 13.2. The van der Waals surface area contributed by atoms with Crippen molar-refractivity contribution in [2.24, 2.45) is 5.92 Å². The number of benzene rings is 1. The van der Waals surface area contributed by atoms with Crippen LogP contribution in [-0.4, -0.2) is 31.2 Å². The third kappa shape index (κ3) is 3.45. The number of ether oxygens (including phenoxy) is 2. The molecule has 0 N–H and O–H groups in total. The summed E-state index contributed by atoms with van der Waals surface area (Å²) < 4.78 is 10.5. The van der Waals surface area contributed by atoms with Crippen LogP contribution in [0, 0.1) is 5.92 Å². The molecule has 1 aromatic carbocycles. The average Bonchev–Trinajstić information content (AvgIpc) is 2.83. The van der Waals surface area contributed by atoms with Crippen LogP contribution in [0.5, 0.6) is 11.5 Å². The van der Waals surface area contributed by atoms with Gasteiger partial charge in [-0.3, -0.25) is 4.79 Å². The number of amides is 1. The minimum Gasteiger partial charge on any atom is -0.454 e. The molecule has 0 aromatic heterocycles. The molecule has 1 heterocycles. The summed E-state index contributed by atoms with van der Waals surface area (Å²) in [6, 6.07) is 3.56. The van der Waals surface area contributed by atoms with Gasteiger partial charge >= 0.3 is 0 Å². The van der Waals surface area contributed by atoms with Gasteiger partial charge in [0.25, 0.3) is 0 Å². The second kappa shape index (κ2) is 6.18. The molecule has 0 fully saturated rings. The zero-order valence-electron chi connectivity index (χ0n) is 11.9. The maximum atomic E-state index is 11.9. The Balaban J connectivity index is 2.08. The SMILES string of the molecule is CC(C)CN(C)C(=O)/C=C/c1cc(Cl)c2c(c1)OCO2. The molecule has 108 valence electrons. The van der Waals surface area contributed by atoms with Gasteiger partial charge in [-0.05, 0) is 29.7 Å². The maximum absolute atomic E-state index is 11.9. The lowest BCUT2D eigenvalue weighted by Gasteiger charge is -2.17. The van der Waals surface area contributed by atoms with Crippen LogP contribution in [0.15, 0.2) is 18.2 Å². The van der Waals surface area contributed by atoms with Gasteiger partial charge in [-0.15, -0.1) is 0 Å². The number of nitrogens with zero attached hydrogens (tertiary/aromatic N) is 1. The van der Waals surface area contributed by atoms with Crippen molar-refractivity contribution >= 4 is 23.6 Å². The van der Waals surface area contributed by atoms with E-state index in [1.165, 1.54) is 6.08 Å². The molecule has 1 aromatic rings. The van der Waals surface area contributed by atoms with Crippen LogP contribution in [0.1, 0.15) is 19.4 Å². The van der Waals surface area contributed by atoms with Gasteiger partial charge in [0.05, 0.1) is 5.02 Å². The quantitative estimate of drug-likeness (QED) is 0.801. The summed E-state index contributed by atoms with van der Waals surface area (Å²) in [5.41, 5.74) is 0.811. The molecular formula is C15H18ClNO3. The van der Waals surface area contributed by atoms with Crippen molar-refractivity contribution in [3.8, 4) is 11.5 Å². The Labute approximate surface area is 123 Å². The van der Waals surface area contributed by atoms with E-state index >= 15 is 0 Å². The van der Waals surface area contributed by atoms with Crippen LogP contribution in [-0.2, 0) is 4.79 Å². The van der Waals surface area contributed by atoms with Crippen molar-refractivity contribution in [2.45, 2.75) is 13.8 Å². The fourth-order valence-electron chi connectivity index (χ4n) is 2.02. The van der Waals surface area contributed by atoms with Crippen LogP contribution in [0.4, 0.5) is 0 Å². The molecule has 0 unspecified atom stereocenters. The van der Waals surface area contributed by atoms with Crippen molar-refractivity contribution in [3.63, 3.8) is 0 Å². The zero-order valence-corrected chi connectivity index (χ0v) is 12.6. The third-order valence-corrected chi connectivity index (χ3v) is 3.16. The van der Waals surface area contributed by atoms with Gasteiger partial charge in [-0.25, -0.2) is 0 Å². The largest absolute Gasteiger partial charge is 0.454 e. The number of fused-ring (bicyclic) bond motifs is 1. The molecule has 0 aliphatic carbocycles. The van der Waals surface area contributed by atoms with Crippen LogP contribution in [0.2, 0.25) is 5.02 Å². The van der Waals surface area contributed by atoms with E-state index in [9.17, 15) is 4.79 Å². The Morgan fingerprint density at radius 3 is 2.90 bits per heavy atom. The minimum absolute atomic E-state index is 0.0347. The summed E-state index contributed by atoms with van der Waals surface area (Å²) >= 11 is 6.09. The lowest BCUT2D eigenvalue weighted by molar-refractivity contribution is -0.125. The van der Waals surface area contributed by atoms with Gasteiger partial charge in [0.2, 0.25) is 12.7 Å². The number of carbonyl (C=O) groups is 1. The first-order chi connectivity index (χ1) is 9.47. The fraction of sp³-hybridized carbons (Fsp3) is 0.400. The molecule has 4 nitrogen and oxygen atoms in total. The van der Waals surface area contributed by atoms with Crippen molar-refractivity contribution in [3.05, 3.63) is 28.8 Å². The minimum atomic E-state index is -0.0347. The van der Waals surface area contributed by atoms with Gasteiger partial charge in [-0.1, -0.05) is 25.4 Å². The van der Waals surface area contributed by atoms with E-state index in [4.69, 9.17) is 21.1 Å². The molecule has 5 heteroatoms. The Morgan fingerprint density at radius 1 is 1.45 bits per heavy atom. The van der Waals surface area contributed by atoms with Gasteiger partial charge in [-0.2, -0.15) is 0 Å². The highest BCUT2D eigenvalue weighted by Crippen LogP contribution is 2.40. The maximum Gasteiger partial charge on any atom is 0.246 e. The van der Waals surface area contributed by atoms with Gasteiger partial charge in [0, 0.05) is 19.7 Å². The summed E-state index contributed by atoms with van der Waals surface area (Å²) in [5.74, 6) is 1.58. The number of rotatable bonds is 4. The molecule has 20 heavy (non-hydrogen) atoms. The first-order valence-corrected chi connectivity index (χ1v) is 6.87. The summed E-state index contributed by atoms with van der Waals surface area (Å²) in [6.45, 7) is 5.06. The van der Waals surface area contributed by atoms with Crippen LogP contribution in [0.3, 0.4) is 0 Å². The van der Waals surface area contributed by atoms with Crippen molar-refractivity contribution in [1.82, 2.24) is 4.90 Å². The molecule has 1 aliphatic rings. The molecule has 0 saturated heterocycles. The molecule has 0 bridgehead atoms. The van der Waals surface area contributed by atoms with Crippen molar-refractivity contribution in [1.29, 1.82) is 0 Å². The third-order valence-electron chi connectivity index (χ3n) is 2.88. The van der Waals surface area contributed by atoms with E-state index in [0.717, 1.165) is 12.1 Å². The Hall–Kier alpha value is -1.68. The van der Waals surface area contributed by atoms with E-state index in [1.807, 2.05) is 0 Å². The number of hydrogen-bond donors (Lipinski definition) is 0. The Bertz CT molecular complexity index is 540. The summed E-state index contributed by atoms with van der Waals surface area (Å²) in [7, 11) is 1.79. The molecule has 2 rings (SSSR count). The summed E-state index contributed by atoms with van der Waals surface area (Å²) in [4.78, 5) is 13.6. The lowest BCUT2D eigenvalue weighted by Crippen LogP contribution is -2.28. The zero-order chi connectivity index (χ0) is 14.7. The predicted octanol–water partition coefficient (Wildman–Crippen LogP) is 3.20. The monoisotopic (exact) mass is 295 g/mol. The Kier molecular flexibility index (Phi) is 4.55. The average molecular weight is 296 g/mol. The molecular weight excluding hydrogens is 278 g/mol. The van der Waals surface area contributed by atoms with Crippen LogP contribution < -0.4 is 9.47 Å². The molecule has 1 aliphatic heterocycles. The molecule has 0 spiro atoms. The Morgan fingerprint density at radius 2 is 2.20 bits per heavy atom. The highest BCUT2D eigenvalue weighted by Gasteiger charge is 2.17. The standard InChI is InChI=1S/C15H18ClNO3/c1-10(2)8-17(3)14(18)5-4-11-6-12(16)15-13(7-11)19-9-20-15/h4-7,10H,8-9H2,1-3H3/b5-4+. The first-order valence-electron chi connectivity index (χ1n) is 6.49. The molecule has 0 radical (unpaired) electrons. The molecule has 0 saturated carbocycles. The van der Waals surface area contributed by atoms with Gasteiger partial charge < -0.3 is 14.4 Å². The van der Waals surface area contributed by atoms with E-state index < -0.39 is 0 Å². The molecule has 1 amide bonds. The van der Waals surface area contributed by atoms with E-state index in [0.29, 0.717) is 22.4 Å². The van der Waals surface area contributed by atoms with Gasteiger partial charge in [0.15, 0.2) is 11.5 Å². The highest BCUT2D eigenvalue weighted by molar-refractivity contribution is 6.32. The lowest BCUT2D eigenvalue weighted by atomic mass is 10.1. The number of halogens is 1. The van der Waals surface area contributed by atoms with E-state index in [1.54, 1.807) is 30.2 Å². The number of carbonyl (C=O) groups excluding carboxylic acids is 1. The number of likely N-dealkylation sites (N-methyl/N-ethyl adjacent to an activating group) is 1. The van der Waals surface area contributed by atoms with Crippen molar-refractivity contribution in [2.75, 3.05) is 20.4 Å². The molecule has 0 atom stereocenters. The summed E-state index contributed by atoms with van der Waals surface area (Å²) in [5, 5.41) is 0.489. The van der Waals surface area contributed by atoms with Crippen molar-refractivity contribution < 1.29 is 14.3 Å². The second-order valence-corrected chi connectivity index (χ2v) is 5.59. The predicted molar refractivity (Wildman–Crippen MR) is 79.1 cm³/mol. The fourth-order valence-corrected chi connectivity index (χ4v) is 2.29. The van der Waals surface area contributed by atoms with E-state index in [2.05, 4.69) is 13.8 Å². The summed E-state index contributed by atoms with van der Waals surface area (Å²) in [6.07, 6.45) is 3.27. The number of hydrogen-bond acceptors (Lipinski definition) is 3. The van der Waals surface area contributed by atoms with Gasteiger partial charge in [0.1, 0.15) is 0 Å². The highest BCUT2D eigenvalue weighted by atomic mass is 35.5. The smallest absolute Gasteiger partial charge is 0.246 e. The second-order valence-electron chi connectivity index (χ2n) is 5.18. The van der Waals surface area contributed by atoms with E-state index in [-0.39, 0.29) is 12.7 Å². The topological polar surface area (TPSA) is 38.8 Å². The van der Waals surface area contributed by atoms with Crippen LogP contribution in [0.25, 0.3) is 6.08 Å². The first kappa shape index (κ1) is 14.7. The van der Waals surface area contributed by atoms with Crippen LogP contribution >= 0.6 is 11.6 Å².